The molecule has 0 unspecified atom stereocenters. The zero-order valence-electron chi connectivity index (χ0n) is 9.03. The number of rotatable bonds is 3. The highest BCUT2D eigenvalue weighted by Gasteiger charge is 2.03. The van der Waals surface area contributed by atoms with Gasteiger partial charge in [-0.05, 0) is 24.3 Å². The molecule has 3 N–H and O–H groups in total. The molecule has 6 heteroatoms. The number of nitrogens with one attached hydrogen (secondary N) is 2. The summed E-state index contributed by atoms with van der Waals surface area (Å²) in [6.45, 7) is 0. The van der Waals surface area contributed by atoms with Gasteiger partial charge in [-0.1, -0.05) is 0 Å². The van der Waals surface area contributed by atoms with Gasteiger partial charge in [-0.15, -0.1) is 0 Å². The quantitative estimate of drug-likeness (QED) is 0.701. The summed E-state index contributed by atoms with van der Waals surface area (Å²) in [7, 11) is 1.44. The van der Waals surface area contributed by atoms with Crippen molar-refractivity contribution in [3.05, 3.63) is 35.7 Å². The van der Waals surface area contributed by atoms with Gasteiger partial charge >= 0.3 is 12.0 Å². The SMILES string of the molecule is CNC(=O)Nc1ccc(/C=C/C(=O)O)c(F)c1. The predicted octanol–water partition coefficient (Wildman–Crippen LogP) is 1.67. The molecule has 1 rings (SSSR count). The van der Waals surface area contributed by atoms with Crippen LogP contribution in [0.25, 0.3) is 6.08 Å². The third-order valence-corrected chi connectivity index (χ3v) is 1.89. The number of halogens is 1. The topological polar surface area (TPSA) is 78.4 Å². The van der Waals surface area contributed by atoms with Crippen molar-refractivity contribution >= 4 is 23.8 Å². The monoisotopic (exact) mass is 238 g/mol. The van der Waals surface area contributed by atoms with E-state index in [4.69, 9.17) is 5.11 Å². The van der Waals surface area contributed by atoms with Gasteiger partial charge in [0, 0.05) is 24.4 Å². The average Bonchev–Trinajstić information content (AvgIpc) is 2.27. The van der Waals surface area contributed by atoms with Crippen LogP contribution in [0.4, 0.5) is 14.9 Å². The molecule has 5 nitrogen and oxygen atoms in total. The van der Waals surface area contributed by atoms with Crippen LogP contribution in [-0.4, -0.2) is 24.2 Å². The lowest BCUT2D eigenvalue weighted by molar-refractivity contribution is -0.131. The molecule has 0 atom stereocenters. The minimum atomic E-state index is -1.16. The Balaban J connectivity index is 2.86. The maximum atomic E-state index is 13.4. The van der Waals surface area contributed by atoms with Gasteiger partial charge < -0.3 is 15.7 Å². The number of urea groups is 1. The Morgan fingerprint density at radius 1 is 1.41 bits per heavy atom. The first-order valence-corrected chi connectivity index (χ1v) is 4.72. The van der Waals surface area contributed by atoms with Gasteiger partial charge in [0.1, 0.15) is 5.82 Å². The molecule has 0 bridgehead atoms. The van der Waals surface area contributed by atoms with Crippen LogP contribution in [0, 0.1) is 5.82 Å². The highest BCUT2D eigenvalue weighted by Crippen LogP contribution is 2.15. The summed E-state index contributed by atoms with van der Waals surface area (Å²) in [5.74, 6) is -1.77. The van der Waals surface area contributed by atoms with Crippen molar-refractivity contribution in [1.82, 2.24) is 5.32 Å². The fourth-order valence-electron chi connectivity index (χ4n) is 1.09. The number of hydrogen-bond acceptors (Lipinski definition) is 2. The van der Waals surface area contributed by atoms with Crippen LogP contribution in [0.1, 0.15) is 5.56 Å². The van der Waals surface area contributed by atoms with E-state index in [0.717, 1.165) is 18.2 Å². The minimum Gasteiger partial charge on any atom is -0.478 e. The predicted molar refractivity (Wildman–Crippen MR) is 61.1 cm³/mol. The maximum Gasteiger partial charge on any atom is 0.328 e. The van der Waals surface area contributed by atoms with E-state index in [0.29, 0.717) is 0 Å². The van der Waals surface area contributed by atoms with Crippen LogP contribution in [-0.2, 0) is 4.79 Å². The van der Waals surface area contributed by atoms with E-state index < -0.39 is 17.8 Å². The summed E-state index contributed by atoms with van der Waals surface area (Å²) in [6.07, 6.45) is 1.98. The number of hydrogen-bond donors (Lipinski definition) is 3. The van der Waals surface area contributed by atoms with Crippen molar-refractivity contribution in [1.29, 1.82) is 0 Å². The second-order valence-electron chi connectivity index (χ2n) is 3.11. The van der Waals surface area contributed by atoms with Crippen LogP contribution < -0.4 is 10.6 Å². The van der Waals surface area contributed by atoms with Gasteiger partial charge in [-0.2, -0.15) is 0 Å². The van der Waals surface area contributed by atoms with Crippen LogP contribution in [0.5, 0.6) is 0 Å². The van der Waals surface area contributed by atoms with E-state index in [1.54, 1.807) is 0 Å². The van der Waals surface area contributed by atoms with Crippen molar-refractivity contribution in [2.24, 2.45) is 0 Å². The largest absolute Gasteiger partial charge is 0.478 e. The molecular weight excluding hydrogens is 227 g/mol. The molecular formula is C11H11FN2O3. The van der Waals surface area contributed by atoms with Crippen molar-refractivity contribution in [2.45, 2.75) is 0 Å². The lowest BCUT2D eigenvalue weighted by atomic mass is 10.2. The molecule has 90 valence electrons. The summed E-state index contributed by atoms with van der Waals surface area (Å²) in [5, 5.41) is 13.1. The minimum absolute atomic E-state index is 0.134. The molecule has 17 heavy (non-hydrogen) atoms. The van der Waals surface area contributed by atoms with Crippen molar-refractivity contribution in [2.75, 3.05) is 12.4 Å². The Kier molecular flexibility index (Phi) is 4.21. The van der Waals surface area contributed by atoms with Gasteiger partial charge in [0.05, 0.1) is 0 Å². The normalized spacial score (nSPS) is 10.2. The number of aliphatic carboxylic acids is 1. The summed E-state index contributed by atoms with van der Waals surface area (Å²) in [4.78, 5) is 21.2. The molecule has 1 aromatic carbocycles. The average molecular weight is 238 g/mol. The van der Waals surface area contributed by atoms with Gasteiger partial charge in [0.25, 0.3) is 0 Å². The van der Waals surface area contributed by atoms with Gasteiger partial charge in [-0.3, -0.25) is 0 Å². The molecule has 0 aliphatic carbocycles. The molecule has 2 amide bonds. The fraction of sp³-hybridized carbons (Fsp3) is 0.0909. The molecule has 0 spiro atoms. The van der Waals surface area contributed by atoms with Crippen LogP contribution in [0.2, 0.25) is 0 Å². The second-order valence-corrected chi connectivity index (χ2v) is 3.11. The molecule has 0 heterocycles. The standard InChI is InChI=1S/C11H11FN2O3/c1-13-11(17)14-8-4-2-7(9(12)6-8)3-5-10(15)16/h2-6H,1H3,(H,15,16)(H2,13,14,17)/b5-3+. The molecule has 1 aromatic rings. The number of carboxylic acid groups (broad SMARTS) is 1. The van der Waals surface area contributed by atoms with Crippen LogP contribution in [0.3, 0.4) is 0 Å². The van der Waals surface area contributed by atoms with Crippen LogP contribution >= 0.6 is 0 Å². The first-order chi connectivity index (χ1) is 8.02. The summed E-state index contributed by atoms with van der Waals surface area (Å²) >= 11 is 0. The third-order valence-electron chi connectivity index (χ3n) is 1.89. The molecule has 0 saturated carbocycles. The Bertz CT molecular complexity index is 472. The third kappa shape index (κ3) is 3.94. The molecule has 0 aromatic heterocycles. The number of benzene rings is 1. The first kappa shape index (κ1) is 12.7. The van der Waals surface area contributed by atoms with E-state index in [-0.39, 0.29) is 11.3 Å². The van der Waals surface area contributed by atoms with Crippen molar-refractivity contribution in [3.8, 4) is 0 Å². The zero-order chi connectivity index (χ0) is 12.8. The number of carbonyl (C=O) groups excluding carboxylic acids is 1. The molecule has 0 saturated heterocycles. The van der Waals surface area contributed by atoms with E-state index in [1.165, 1.54) is 19.2 Å². The first-order valence-electron chi connectivity index (χ1n) is 4.72. The fourth-order valence-corrected chi connectivity index (χ4v) is 1.09. The van der Waals surface area contributed by atoms with Gasteiger partial charge in [-0.25, -0.2) is 14.0 Å². The number of amides is 2. The molecule has 0 aliphatic heterocycles. The zero-order valence-corrected chi connectivity index (χ0v) is 9.03. The smallest absolute Gasteiger partial charge is 0.328 e. The molecule has 0 aliphatic rings. The lowest BCUT2D eigenvalue weighted by Crippen LogP contribution is -2.24. The van der Waals surface area contributed by atoms with Crippen molar-refractivity contribution < 1.29 is 19.1 Å². The highest BCUT2D eigenvalue weighted by molar-refractivity contribution is 5.89. The van der Waals surface area contributed by atoms with E-state index >= 15 is 0 Å². The van der Waals surface area contributed by atoms with E-state index in [2.05, 4.69) is 10.6 Å². The maximum absolute atomic E-state index is 13.4. The summed E-state index contributed by atoms with van der Waals surface area (Å²) in [5.41, 5.74) is 0.421. The molecule has 0 fully saturated rings. The van der Waals surface area contributed by atoms with E-state index in [1.807, 2.05) is 0 Å². The highest BCUT2D eigenvalue weighted by atomic mass is 19.1. The molecule has 0 radical (unpaired) electrons. The number of carboxylic acids is 1. The second kappa shape index (κ2) is 5.64. The van der Waals surface area contributed by atoms with Crippen molar-refractivity contribution in [3.63, 3.8) is 0 Å². The Morgan fingerprint density at radius 3 is 2.65 bits per heavy atom. The lowest BCUT2D eigenvalue weighted by Gasteiger charge is -2.05. The van der Waals surface area contributed by atoms with Crippen LogP contribution in [0.15, 0.2) is 24.3 Å². The summed E-state index contributed by atoms with van der Waals surface area (Å²) in [6, 6.07) is 3.50. The summed E-state index contributed by atoms with van der Waals surface area (Å²) < 4.78 is 13.4. The van der Waals surface area contributed by atoms with E-state index in [9.17, 15) is 14.0 Å². The van der Waals surface area contributed by atoms with Gasteiger partial charge in [0.2, 0.25) is 0 Å². The Morgan fingerprint density at radius 2 is 2.12 bits per heavy atom. The Labute approximate surface area is 96.9 Å². The number of carbonyl (C=O) groups is 2. The Hall–Kier alpha value is -2.37. The number of anilines is 1. The van der Waals surface area contributed by atoms with Gasteiger partial charge in [0.15, 0.2) is 0 Å².